The number of likely N-dealkylation sites (N-methyl/N-ethyl adjacent to an activating group) is 2. The van der Waals surface area contributed by atoms with Crippen molar-refractivity contribution in [3.63, 3.8) is 0 Å². The maximum absolute atomic E-state index is 4.95. The van der Waals surface area contributed by atoms with E-state index in [0.717, 1.165) is 32.7 Å². The molecule has 1 N–H and O–H groups in total. The van der Waals surface area contributed by atoms with E-state index >= 15 is 0 Å². The fourth-order valence-electron chi connectivity index (χ4n) is 0.893. The Kier molecular flexibility index (Phi) is 7.89. The molecule has 68 valence electrons. The van der Waals surface area contributed by atoms with Gasteiger partial charge in [0, 0.05) is 33.4 Å². The van der Waals surface area contributed by atoms with E-state index in [0.29, 0.717) is 0 Å². The lowest BCUT2D eigenvalue weighted by Gasteiger charge is -2.15. The highest BCUT2D eigenvalue weighted by atomic mass is 16.5. The van der Waals surface area contributed by atoms with E-state index < -0.39 is 0 Å². The Morgan fingerprint density at radius 2 is 2.09 bits per heavy atom. The molecule has 3 nitrogen and oxygen atoms in total. The molecule has 0 fully saturated rings. The molecule has 0 aromatic rings. The Balaban J connectivity index is 3.02. The van der Waals surface area contributed by atoms with Crippen molar-refractivity contribution in [1.29, 1.82) is 0 Å². The number of hydrogen-bond donors (Lipinski definition) is 1. The standard InChI is InChI=1S/C8H20N2O/c1-9-5-7-10(2)6-4-8-11-3/h9H,4-8H2,1-3H3. The summed E-state index contributed by atoms with van der Waals surface area (Å²) >= 11 is 0. The molecule has 0 aromatic heterocycles. The highest BCUT2D eigenvalue weighted by Gasteiger charge is 1.95. The van der Waals surface area contributed by atoms with Crippen molar-refractivity contribution in [2.24, 2.45) is 0 Å². The molecule has 0 spiro atoms. The molecule has 0 heterocycles. The van der Waals surface area contributed by atoms with Crippen molar-refractivity contribution in [3.8, 4) is 0 Å². The first-order valence-corrected chi connectivity index (χ1v) is 4.13. The number of nitrogens with one attached hydrogen (secondary N) is 1. The average Bonchev–Trinajstić information content (AvgIpc) is 2.01. The number of hydrogen-bond acceptors (Lipinski definition) is 3. The molecule has 3 heteroatoms. The van der Waals surface area contributed by atoms with Gasteiger partial charge in [0.25, 0.3) is 0 Å². The first kappa shape index (κ1) is 10.9. The first-order valence-electron chi connectivity index (χ1n) is 4.13. The maximum atomic E-state index is 4.95. The summed E-state index contributed by atoms with van der Waals surface area (Å²) < 4.78 is 4.95. The summed E-state index contributed by atoms with van der Waals surface area (Å²) in [6.07, 6.45) is 1.12. The van der Waals surface area contributed by atoms with E-state index in [9.17, 15) is 0 Å². The molecule has 0 amide bonds. The fraction of sp³-hybridized carbons (Fsp3) is 1.00. The van der Waals surface area contributed by atoms with Gasteiger partial charge in [-0.05, 0) is 20.5 Å². The van der Waals surface area contributed by atoms with Crippen LogP contribution in [0, 0.1) is 0 Å². The van der Waals surface area contributed by atoms with Gasteiger partial charge in [-0.3, -0.25) is 0 Å². The second-order valence-corrected chi connectivity index (χ2v) is 2.75. The van der Waals surface area contributed by atoms with Crippen LogP contribution in [-0.4, -0.2) is 52.3 Å². The Morgan fingerprint density at radius 1 is 1.36 bits per heavy atom. The highest BCUT2D eigenvalue weighted by Crippen LogP contribution is 1.86. The third-order valence-corrected chi connectivity index (χ3v) is 1.63. The van der Waals surface area contributed by atoms with Crippen LogP contribution in [0.1, 0.15) is 6.42 Å². The van der Waals surface area contributed by atoms with E-state index in [1.165, 1.54) is 0 Å². The van der Waals surface area contributed by atoms with Crippen LogP contribution in [0.2, 0.25) is 0 Å². The maximum Gasteiger partial charge on any atom is 0.0474 e. The summed E-state index contributed by atoms with van der Waals surface area (Å²) in [6, 6.07) is 0. The van der Waals surface area contributed by atoms with Crippen molar-refractivity contribution < 1.29 is 4.74 Å². The molecule has 0 aliphatic heterocycles. The zero-order valence-electron chi connectivity index (χ0n) is 7.89. The molecule has 0 saturated carbocycles. The molecule has 0 aromatic carbocycles. The SMILES string of the molecule is CNCCN(C)CCCOC. The van der Waals surface area contributed by atoms with Crippen LogP contribution in [0.5, 0.6) is 0 Å². The normalized spacial score (nSPS) is 10.9. The second kappa shape index (κ2) is 7.98. The van der Waals surface area contributed by atoms with Crippen molar-refractivity contribution in [2.75, 3.05) is 47.4 Å². The lowest BCUT2D eigenvalue weighted by molar-refractivity contribution is 0.179. The van der Waals surface area contributed by atoms with Crippen LogP contribution in [-0.2, 0) is 4.74 Å². The lowest BCUT2D eigenvalue weighted by atomic mass is 10.4. The van der Waals surface area contributed by atoms with Gasteiger partial charge in [-0.1, -0.05) is 0 Å². The minimum Gasteiger partial charge on any atom is -0.385 e. The fourth-order valence-corrected chi connectivity index (χ4v) is 0.893. The van der Waals surface area contributed by atoms with Crippen LogP contribution in [0.4, 0.5) is 0 Å². The van der Waals surface area contributed by atoms with E-state index in [1.54, 1.807) is 7.11 Å². The number of methoxy groups -OCH3 is 1. The summed E-state index contributed by atoms with van der Waals surface area (Å²) in [4.78, 5) is 2.30. The van der Waals surface area contributed by atoms with Crippen LogP contribution < -0.4 is 5.32 Å². The smallest absolute Gasteiger partial charge is 0.0474 e. The second-order valence-electron chi connectivity index (χ2n) is 2.75. The van der Waals surface area contributed by atoms with E-state index in [-0.39, 0.29) is 0 Å². The third kappa shape index (κ3) is 7.78. The molecule has 0 aliphatic rings. The predicted molar refractivity (Wildman–Crippen MR) is 47.9 cm³/mol. The lowest BCUT2D eigenvalue weighted by Crippen LogP contribution is -2.28. The minimum absolute atomic E-state index is 0.865. The third-order valence-electron chi connectivity index (χ3n) is 1.63. The summed E-state index contributed by atoms with van der Waals surface area (Å²) in [5, 5.41) is 3.12. The molecule has 0 bridgehead atoms. The topological polar surface area (TPSA) is 24.5 Å². The van der Waals surface area contributed by atoms with Crippen LogP contribution in [0.25, 0.3) is 0 Å². The van der Waals surface area contributed by atoms with Gasteiger partial charge < -0.3 is 15.0 Å². The number of nitrogens with zero attached hydrogens (tertiary/aromatic N) is 1. The molecule has 0 unspecified atom stereocenters. The highest BCUT2D eigenvalue weighted by molar-refractivity contribution is 4.52. The van der Waals surface area contributed by atoms with E-state index in [2.05, 4.69) is 17.3 Å². The van der Waals surface area contributed by atoms with E-state index in [1.807, 2.05) is 7.05 Å². The van der Waals surface area contributed by atoms with Crippen LogP contribution in [0.15, 0.2) is 0 Å². The molecule has 0 radical (unpaired) electrons. The van der Waals surface area contributed by atoms with Crippen molar-refractivity contribution in [2.45, 2.75) is 6.42 Å². The van der Waals surface area contributed by atoms with Crippen molar-refractivity contribution >= 4 is 0 Å². The van der Waals surface area contributed by atoms with Gasteiger partial charge in [0.05, 0.1) is 0 Å². The van der Waals surface area contributed by atoms with Gasteiger partial charge in [0.15, 0.2) is 0 Å². The molecule has 11 heavy (non-hydrogen) atoms. The zero-order valence-corrected chi connectivity index (χ0v) is 7.89. The zero-order chi connectivity index (χ0) is 8.53. The molecular weight excluding hydrogens is 140 g/mol. The van der Waals surface area contributed by atoms with Gasteiger partial charge in [0.1, 0.15) is 0 Å². The number of rotatable bonds is 7. The monoisotopic (exact) mass is 160 g/mol. The Bertz CT molecular complexity index is 78.5. The van der Waals surface area contributed by atoms with Crippen molar-refractivity contribution in [3.05, 3.63) is 0 Å². The Hall–Kier alpha value is -0.120. The average molecular weight is 160 g/mol. The van der Waals surface area contributed by atoms with Gasteiger partial charge in [-0.25, -0.2) is 0 Å². The minimum atomic E-state index is 0.865. The van der Waals surface area contributed by atoms with Gasteiger partial charge in [-0.2, -0.15) is 0 Å². The first-order chi connectivity index (χ1) is 5.31. The summed E-state index contributed by atoms with van der Waals surface area (Å²) in [6.45, 7) is 4.16. The summed E-state index contributed by atoms with van der Waals surface area (Å²) in [5.74, 6) is 0. The van der Waals surface area contributed by atoms with Gasteiger partial charge in [-0.15, -0.1) is 0 Å². The van der Waals surface area contributed by atoms with Crippen molar-refractivity contribution in [1.82, 2.24) is 10.2 Å². The summed E-state index contributed by atoms with van der Waals surface area (Å²) in [7, 11) is 5.85. The Labute approximate surface area is 69.7 Å². The van der Waals surface area contributed by atoms with Gasteiger partial charge >= 0.3 is 0 Å². The molecular formula is C8H20N2O. The summed E-state index contributed by atoms with van der Waals surface area (Å²) in [5.41, 5.74) is 0. The molecule has 0 aliphatic carbocycles. The Morgan fingerprint density at radius 3 is 2.64 bits per heavy atom. The van der Waals surface area contributed by atoms with Crippen LogP contribution >= 0.6 is 0 Å². The molecule has 0 rings (SSSR count). The number of ether oxygens (including phenoxy) is 1. The predicted octanol–water partition coefficient (Wildman–Crippen LogP) is 0.174. The van der Waals surface area contributed by atoms with E-state index in [4.69, 9.17) is 4.74 Å². The molecule has 0 saturated heterocycles. The molecule has 0 atom stereocenters. The van der Waals surface area contributed by atoms with Gasteiger partial charge in [0.2, 0.25) is 0 Å². The largest absolute Gasteiger partial charge is 0.385 e. The van der Waals surface area contributed by atoms with Crippen LogP contribution in [0.3, 0.4) is 0 Å². The quantitative estimate of drug-likeness (QED) is 0.537.